The molecule has 6 nitrogen and oxygen atoms in total. The molecule has 26 heavy (non-hydrogen) atoms. The second kappa shape index (κ2) is 6.59. The lowest BCUT2D eigenvalue weighted by Crippen LogP contribution is -2.47. The number of fused-ring (bicyclic) bond motifs is 1. The number of aromatic carboxylic acids is 1. The molecule has 1 saturated carbocycles. The minimum absolute atomic E-state index is 0.140. The van der Waals surface area contributed by atoms with Gasteiger partial charge in [0.15, 0.2) is 17.3 Å². The van der Waals surface area contributed by atoms with Crippen LogP contribution in [0.4, 0.5) is 0 Å². The zero-order chi connectivity index (χ0) is 18.5. The Labute approximate surface area is 157 Å². The second-order valence-corrected chi connectivity index (χ2v) is 7.75. The first-order valence-corrected chi connectivity index (χ1v) is 9.45. The fraction of sp³-hybridized carbons (Fsp3) is 0.632. The highest BCUT2D eigenvalue weighted by molar-refractivity contribution is 6.32. The first-order valence-electron chi connectivity index (χ1n) is 9.08. The molecule has 0 amide bonds. The highest BCUT2D eigenvalue weighted by Gasteiger charge is 2.45. The fourth-order valence-corrected chi connectivity index (χ4v) is 4.57. The van der Waals surface area contributed by atoms with E-state index >= 15 is 0 Å². The van der Waals surface area contributed by atoms with E-state index in [2.05, 4.69) is 0 Å². The van der Waals surface area contributed by atoms with Crippen LogP contribution < -0.4 is 9.47 Å². The topological polar surface area (TPSA) is 74.2 Å². The number of hydrogen-bond acceptors (Lipinski definition) is 5. The molecule has 0 radical (unpaired) electrons. The third kappa shape index (κ3) is 2.94. The zero-order valence-electron chi connectivity index (χ0n) is 14.9. The second-order valence-electron chi connectivity index (χ2n) is 7.34. The largest absolute Gasteiger partial charge is 0.482 e. The van der Waals surface area contributed by atoms with Crippen LogP contribution in [0.25, 0.3) is 0 Å². The molecule has 2 fully saturated rings. The van der Waals surface area contributed by atoms with Gasteiger partial charge in [0.1, 0.15) is 12.2 Å². The van der Waals surface area contributed by atoms with Gasteiger partial charge in [-0.3, -0.25) is 0 Å². The standard InChI is InChI=1S/C19H23ClO6/c1-10-13(18(21)22)9-14(20)17-15(10)26-16(11(2)25-17)12-3-5-19(6-4-12)23-7-8-24-19/h9,11-12,16H,3-8H2,1-2H3,(H,21,22). The molecule has 1 saturated heterocycles. The molecule has 1 spiro atoms. The van der Waals surface area contributed by atoms with E-state index in [-0.39, 0.29) is 22.8 Å². The maximum absolute atomic E-state index is 11.5. The Balaban J connectivity index is 1.57. The average Bonchev–Trinajstić information content (AvgIpc) is 3.06. The molecule has 2 heterocycles. The monoisotopic (exact) mass is 382 g/mol. The summed E-state index contributed by atoms with van der Waals surface area (Å²) < 4.78 is 23.9. The third-order valence-electron chi connectivity index (χ3n) is 5.76. The van der Waals surface area contributed by atoms with Crippen molar-refractivity contribution in [2.24, 2.45) is 5.92 Å². The molecule has 1 aliphatic carbocycles. The summed E-state index contributed by atoms with van der Waals surface area (Å²) in [5, 5.41) is 9.66. The van der Waals surface area contributed by atoms with Crippen molar-refractivity contribution in [2.45, 2.75) is 57.5 Å². The molecule has 0 bridgehead atoms. The fourth-order valence-electron chi connectivity index (χ4n) is 4.33. The predicted octanol–water partition coefficient (Wildman–Crippen LogP) is 3.81. The van der Waals surface area contributed by atoms with Gasteiger partial charge in [0.2, 0.25) is 0 Å². The average molecular weight is 383 g/mol. The number of carboxylic acids is 1. The van der Waals surface area contributed by atoms with E-state index in [0.29, 0.717) is 36.2 Å². The summed E-state index contributed by atoms with van der Waals surface area (Å²) in [6.45, 7) is 5.02. The molecule has 0 aromatic heterocycles. The molecule has 142 valence electrons. The summed E-state index contributed by atoms with van der Waals surface area (Å²) in [5.41, 5.74) is 0.685. The van der Waals surface area contributed by atoms with Crippen molar-refractivity contribution in [3.8, 4) is 11.5 Å². The van der Waals surface area contributed by atoms with Gasteiger partial charge in [-0.1, -0.05) is 11.6 Å². The Kier molecular flexibility index (Phi) is 4.53. The number of ether oxygens (including phenoxy) is 4. The maximum Gasteiger partial charge on any atom is 0.336 e. The minimum Gasteiger partial charge on any atom is -0.482 e. The van der Waals surface area contributed by atoms with Crippen molar-refractivity contribution in [2.75, 3.05) is 13.2 Å². The smallest absolute Gasteiger partial charge is 0.336 e. The number of benzene rings is 1. The molecule has 3 aliphatic rings. The Morgan fingerprint density at radius 3 is 2.46 bits per heavy atom. The quantitative estimate of drug-likeness (QED) is 0.838. The van der Waals surface area contributed by atoms with Crippen LogP contribution in [0, 0.1) is 12.8 Å². The van der Waals surface area contributed by atoms with E-state index in [1.54, 1.807) is 6.92 Å². The SMILES string of the molecule is Cc1c(C(=O)O)cc(Cl)c2c1OC(C1CCC3(CC1)OCCO3)C(C)O2. The van der Waals surface area contributed by atoms with E-state index in [1.165, 1.54) is 6.07 Å². The predicted molar refractivity (Wildman–Crippen MR) is 94.2 cm³/mol. The van der Waals surface area contributed by atoms with E-state index in [0.717, 1.165) is 25.7 Å². The van der Waals surface area contributed by atoms with Crippen LogP contribution >= 0.6 is 11.6 Å². The van der Waals surface area contributed by atoms with E-state index in [1.807, 2.05) is 6.92 Å². The highest BCUT2D eigenvalue weighted by atomic mass is 35.5. The van der Waals surface area contributed by atoms with Crippen molar-refractivity contribution in [3.05, 3.63) is 22.2 Å². The van der Waals surface area contributed by atoms with Crippen molar-refractivity contribution in [3.63, 3.8) is 0 Å². The normalized spacial score (nSPS) is 27.7. The van der Waals surface area contributed by atoms with Gasteiger partial charge in [0.05, 0.1) is 23.8 Å². The van der Waals surface area contributed by atoms with Crippen molar-refractivity contribution in [1.82, 2.24) is 0 Å². The third-order valence-corrected chi connectivity index (χ3v) is 6.04. The van der Waals surface area contributed by atoms with Crippen LogP contribution in [0.5, 0.6) is 11.5 Å². The van der Waals surface area contributed by atoms with Crippen LogP contribution in [0.3, 0.4) is 0 Å². The van der Waals surface area contributed by atoms with Gasteiger partial charge < -0.3 is 24.1 Å². The molecule has 4 rings (SSSR count). The number of halogens is 1. The van der Waals surface area contributed by atoms with Gasteiger partial charge in [-0.15, -0.1) is 0 Å². The molecule has 2 atom stereocenters. The van der Waals surface area contributed by atoms with Crippen LogP contribution in [0.2, 0.25) is 5.02 Å². The number of hydrogen-bond donors (Lipinski definition) is 1. The lowest BCUT2D eigenvalue weighted by molar-refractivity contribution is -0.189. The minimum atomic E-state index is -1.03. The van der Waals surface area contributed by atoms with Crippen LogP contribution in [0.1, 0.15) is 48.5 Å². The Morgan fingerprint density at radius 2 is 1.85 bits per heavy atom. The summed E-state index contributed by atoms with van der Waals surface area (Å²) in [4.78, 5) is 11.5. The van der Waals surface area contributed by atoms with Crippen LogP contribution in [-0.4, -0.2) is 42.3 Å². The van der Waals surface area contributed by atoms with E-state index in [9.17, 15) is 9.90 Å². The molecular formula is C19H23ClO6. The maximum atomic E-state index is 11.5. The first kappa shape index (κ1) is 17.9. The molecular weight excluding hydrogens is 360 g/mol. The van der Waals surface area contributed by atoms with Gasteiger partial charge >= 0.3 is 5.97 Å². The summed E-state index contributed by atoms with van der Waals surface area (Å²) in [7, 11) is 0. The number of carbonyl (C=O) groups is 1. The van der Waals surface area contributed by atoms with Crippen LogP contribution in [0.15, 0.2) is 6.07 Å². The highest BCUT2D eigenvalue weighted by Crippen LogP contribution is 2.47. The lowest BCUT2D eigenvalue weighted by atomic mass is 9.80. The summed E-state index contributed by atoms with van der Waals surface area (Å²) >= 11 is 6.24. The molecule has 1 N–H and O–H groups in total. The van der Waals surface area contributed by atoms with Crippen molar-refractivity contribution in [1.29, 1.82) is 0 Å². The lowest BCUT2D eigenvalue weighted by Gasteiger charge is -2.42. The van der Waals surface area contributed by atoms with Gasteiger partial charge in [-0.25, -0.2) is 4.79 Å². The summed E-state index contributed by atoms with van der Waals surface area (Å²) in [5.74, 6) is -0.258. The van der Waals surface area contributed by atoms with Gasteiger partial charge in [-0.2, -0.15) is 0 Å². The Hall–Kier alpha value is -1.50. The van der Waals surface area contributed by atoms with Crippen molar-refractivity contribution < 1.29 is 28.8 Å². The first-order chi connectivity index (χ1) is 12.4. The van der Waals surface area contributed by atoms with Crippen LogP contribution in [-0.2, 0) is 9.47 Å². The number of carboxylic acid groups (broad SMARTS) is 1. The molecule has 2 aliphatic heterocycles. The molecule has 7 heteroatoms. The molecule has 1 aromatic carbocycles. The zero-order valence-corrected chi connectivity index (χ0v) is 15.7. The number of rotatable bonds is 2. The van der Waals surface area contributed by atoms with E-state index in [4.69, 9.17) is 30.5 Å². The summed E-state index contributed by atoms with van der Waals surface area (Å²) in [6.07, 6.45) is 3.19. The Bertz CT molecular complexity index is 717. The summed E-state index contributed by atoms with van der Waals surface area (Å²) in [6, 6.07) is 1.42. The molecule has 1 aromatic rings. The van der Waals surface area contributed by atoms with Crippen molar-refractivity contribution >= 4 is 17.6 Å². The van der Waals surface area contributed by atoms with Gasteiger partial charge in [0, 0.05) is 18.4 Å². The Morgan fingerprint density at radius 1 is 1.19 bits per heavy atom. The molecule has 2 unspecified atom stereocenters. The van der Waals surface area contributed by atoms with Gasteiger partial charge in [-0.05, 0) is 38.7 Å². The van der Waals surface area contributed by atoms with E-state index < -0.39 is 11.8 Å². The van der Waals surface area contributed by atoms with Gasteiger partial charge in [0.25, 0.3) is 0 Å².